The molecule has 1 aromatic carbocycles. The summed E-state index contributed by atoms with van der Waals surface area (Å²) in [5.41, 5.74) is 0.137. The van der Waals surface area contributed by atoms with Crippen LogP contribution < -0.4 is 5.32 Å². The fourth-order valence-electron chi connectivity index (χ4n) is 1.84. The van der Waals surface area contributed by atoms with Crippen molar-refractivity contribution in [3.8, 4) is 0 Å². The molecule has 0 saturated heterocycles. The molecule has 0 saturated carbocycles. The molecule has 120 valence electrons. The van der Waals surface area contributed by atoms with Gasteiger partial charge in [-0.15, -0.1) is 0 Å². The Kier molecular flexibility index (Phi) is 8.80. The van der Waals surface area contributed by atoms with Crippen LogP contribution in [0.15, 0.2) is 16.6 Å². The monoisotopic (exact) mass is 365 g/mol. The lowest BCUT2D eigenvalue weighted by Gasteiger charge is -2.15. The predicted molar refractivity (Wildman–Crippen MR) is 83.5 cm³/mol. The first-order valence-corrected chi connectivity index (χ1v) is 7.98. The van der Waals surface area contributed by atoms with E-state index in [2.05, 4.69) is 28.2 Å². The number of anilines is 1. The summed E-state index contributed by atoms with van der Waals surface area (Å²) in [6.07, 6.45) is 3.72. The van der Waals surface area contributed by atoms with Gasteiger partial charge in [0.2, 0.25) is 0 Å². The lowest BCUT2D eigenvalue weighted by molar-refractivity contribution is 0.0416. The third kappa shape index (κ3) is 7.20. The highest BCUT2D eigenvalue weighted by molar-refractivity contribution is 9.10. The van der Waals surface area contributed by atoms with E-state index in [9.17, 15) is 13.9 Å². The summed E-state index contributed by atoms with van der Waals surface area (Å²) in [7, 11) is 0. The van der Waals surface area contributed by atoms with Crippen LogP contribution in [0.4, 0.5) is 14.5 Å². The van der Waals surface area contributed by atoms with Gasteiger partial charge >= 0.3 is 0 Å². The highest BCUT2D eigenvalue weighted by Crippen LogP contribution is 2.26. The Hall–Kier alpha value is -0.720. The van der Waals surface area contributed by atoms with Crippen molar-refractivity contribution in [1.29, 1.82) is 0 Å². The zero-order valence-electron chi connectivity index (χ0n) is 12.2. The third-order valence-electron chi connectivity index (χ3n) is 2.97. The molecule has 0 fully saturated rings. The van der Waals surface area contributed by atoms with Crippen molar-refractivity contribution in [2.45, 2.75) is 38.7 Å². The van der Waals surface area contributed by atoms with Gasteiger partial charge < -0.3 is 15.2 Å². The first-order chi connectivity index (χ1) is 10.0. The molecule has 0 amide bonds. The van der Waals surface area contributed by atoms with Gasteiger partial charge in [-0.1, -0.05) is 26.2 Å². The maximum absolute atomic E-state index is 13.5. The largest absolute Gasteiger partial charge is 0.389 e. The topological polar surface area (TPSA) is 41.5 Å². The van der Waals surface area contributed by atoms with Crippen LogP contribution in [0.5, 0.6) is 0 Å². The summed E-state index contributed by atoms with van der Waals surface area (Å²) in [5, 5.41) is 12.5. The normalized spacial score (nSPS) is 12.4. The molecular formula is C15H22BrF2NO2. The highest BCUT2D eigenvalue weighted by Gasteiger charge is 2.11. The lowest BCUT2D eigenvalue weighted by Crippen LogP contribution is -2.25. The van der Waals surface area contributed by atoms with Crippen LogP contribution in [0.1, 0.15) is 32.6 Å². The number of ether oxygens (including phenoxy) is 1. The molecule has 0 radical (unpaired) electrons. The van der Waals surface area contributed by atoms with Crippen molar-refractivity contribution in [2.24, 2.45) is 0 Å². The van der Waals surface area contributed by atoms with Crippen molar-refractivity contribution in [3.05, 3.63) is 28.2 Å². The summed E-state index contributed by atoms with van der Waals surface area (Å²) in [5.74, 6) is -1.35. The minimum Gasteiger partial charge on any atom is -0.389 e. The van der Waals surface area contributed by atoms with Crippen molar-refractivity contribution < 1.29 is 18.6 Å². The van der Waals surface area contributed by atoms with E-state index in [0.717, 1.165) is 18.9 Å². The second kappa shape index (κ2) is 10.1. The Morgan fingerprint density at radius 3 is 2.71 bits per heavy atom. The number of nitrogens with one attached hydrogen (secondary N) is 1. The summed E-state index contributed by atoms with van der Waals surface area (Å²) in [6.45, 7) is 3.09. The summed E-state index contributed by atoms with van der Waals surface area (Å²) in [6, 6.07) is 1.96. The van der Waals surface area contributed by atoms with Crippen molar-refractivity contribution in [1.82, 2.24) is 0 Å². The predicted octanol–water partition coefficient (Wildman–Crippen LogP) is 4.10. The van der Waals surface area contributed by atoms with E-state index in [4.69, 9.17) is 4.74 Å². The van der Waals surface area contributed by atoms with Crippen molar-refractivity contribution >= 4 is 21.6 Å². The number of hydrogen-bond donors (Lipinski definition) is 2. The number of hydrogen-bond acceptors (Lipinski definition) is 3. The van der Waals surface area contributed by atoms with E-state index < -0.39 is 17.7 Å². The number of aliphatic hydroxyl groups excluding tert-OH is 1. The molecule has 0 aliphatic carbocycles. The molecule has 1 unspecified atom stereocenters. The number of benzene rings is 1. The van der Waals surface area contributed by atoms with Crippen LogP contribution in [0, 0.1) is 11.6 Å². The van der Waals surface area contributed by atoms with E-state index >= 15 is 0 Å². The molecule has 0 spiro atoms. The van der Waals surface area contributed by atoms with Gasteiger partial charge in [0, 0.05) is 23.7 Å². The first kappa shape index (κ1) is 18.3. The average molecular weight is 366 g/mol. The molecule has 0 bridgehead atoms. The van der Waals surface area contributed by atoms with E-state index in [1.54, 1.807) is 0 Å². The van der Waals surface area contributed by atoms with Gasteiger partial charge in [0.15, 0.2) is 0 Å². The standard InChI is InChI=1S/C15H22BrF2NO2/c1-2-3-4-5-6-21-10-12(20)9-19-15-13(16)7-11(17)8-14(15)18/h7-8,12,19-20H,2-6,9-10H2,1H3. The minimum atomic E-state index is -0.743. The zero-order valence-corrected chi connectivity index (χ0v) is 13.8. The Morgan fingerprint density at radius 1 is 1.29 bits per heavy atom. The molecule has 1 rings (SSSR count). The van der Waals surface area contributed by atoms with E-state index in [0.29, 0.717) is 6.61 Å². The summed E-state index contributed by atoms with van der Waals surface area (Å²) < 4.78 is 32.1. The smallest absolute Gasteiger partial charge is 0.150 e. The van der Waals surface area contributed by atoms with Crippen molar-refractivity contribution in [3.63, 3.8) is 0 Å². The number of rotatable bonds is 10. The molecule has 0 aliphatic heterocycles. The number of halogens is 3. The van der Waals surface area contributed by atoms with Crippen LogP contribution in [-0.4, -0.2) is 31.0 Å². The van der Waals surface area contributed by atoms with Gasteiger partial charge in [0.05, 0.1) is 18.4 Å². The van der Waals surface area contributed by atoms with Crippen LogP contribution in [0.2, 0.25) is 0 Å². The third-order valence-corrected chi connectivity index (χ3v) is 3.60. The number of unbranched alkanes of at least 4 members (excludes halogenated alkanes) is 3. The molecule has 0 heterocycles. The van der Waals surface area contributed by atoms with Gasteiger partial charge in [0.1, 0.15) is 11.6 Å². The number of aliphatic hydroxyl groups is 1. The molecule has 0 aliphatic rings. The van der Waals surface area contributed by atoms with Gasteiger partial charge in [0.25, 0.3) is 0 Å². The second-order valence-corrected chi connectivity index (χ2v) is 5.77. The zero-order chi connectivity index (χ0) is 15.7. The van der Waals surface area contributed by atoms with Crippen LogP contribution in [0.25, 0.3) is 0 Å². The Labute approximate surface area is 132 Å². The quantitative estimate of drug-likeness (QED) is 0.613. The van der Waals surface area contributed by atoms with Gasteiger partial charge in [-0.25, -0.2) is 8.78 Å². The maximum atomic E-state index is 13.5. The molecule has 0 aromatic heterocycles. The average Bonchev–Trinajstić information content (AvgIpc) is 2.41. The molecule has 3 nitrogen and oxygen atoms in total. The first-order valence-electron chi connectivity index (χ1n) is 7.18. The fraction of sp³-hybridized carbons (Fsp3) is 0.600. The van der Waals surface area contributed by atoms with Crippen LogP contribution in [0.3, 0.4) is 0 Å². The van der Waals surface area contributed by atoms with Crippen LogP contribution >= 0.6 is 15.9 Å². The van der Waals surface area contributed by atoms with E-state index in [1.807, 2.05) is 0 Å². The molecule has 6 heteroatoms. The fourth-order valence-corrected chi connectivity index (χ4v) is 2.39. The molecule has 2 N–H and O–H groups in total. The molecular weight excluding hydrogens is 344 g/mol. The Balaban J connectivity index is 2.25. The van der Waals surface area contributed by atoms with E-state index in [-0.39, 0.29) is 23.3 Å². The maximum Gasteiger partial charge on any atom is 0.150 e. The summed E-state index contributed by atoms with van der Waals surface area (Å²) >= 11 is 3.08. The Bertz CT molecular complexity index is 409. The lowest BCUT2D eigenvalue weighted by atomic mass is 10.2. The highest BCUT2D eigenvalue weighted by atomic mass is 79.9. The van der Waals surface area contributed by atoms with Crippen molar-refractivity contribution in [2.75, 3.05) is 25.1 Å². The van der Waals surface area contributed by atoms with Gasteiger partial charge in [-0.3, -0.25) is 0 Å². The second-order valence-electron chi connectivity index (χ2n) is 4.91. The van der Waals surface area contributed by atoms with Gasteiger partial charge in [-0.2, -0.15) is 0 Å². The van der Waals surface area contributed by atoms with Crippen LogP contribution in [-0.2, 0) is 4.74 Å². The molecule has 1 aromatic rings. The SMILES string of the molecule is CCCCCCOCC(O)CNc1c(F)cc(F)cc1Br. The summed E-state index contributed by atoms with van der Waals surface area (Å²) in [4.78, 5) is 0. The van der Waals surface area contributed by atoms with Gasteiger partial charge in [-0.05, 0) is 28.4 Å². The molecule has 21 heavy (non-hydrogen) atoms. The van der Waals surface area contributed by atoms with E-state index in [1.165, 1.54) is 18.9 Å². The minimum absolute atomic E-state index is 0.135. The molecule has 1 atom stereocenters. The Morgan fingerprint density at radius 2 is 2.05 bits per heavy atom.